The fourth-order valence-electron chi connectivity index (χ4n) is 2.66. The fourth-order valence-corrected chi connectivity index (χ4v) is 3.58. The molecule has 1 heterocycles. The van der Waals surface area contributed by atoms with Gasteiger partial charge in [-0.05, 0) is 42.5 Å². The lowest BCUT2D eigenvalue weighted by atomic mass is 10.2. The number of rotatable bonds is 4. The molecule has 7 heteroatoms. The van der Waals surface area contributed by atoms with Crippen molar-refractivity contribution >= 4 is 45.9 Å². The topological polar surface area (TPSA) is 86.9 Å². The Kier molecular flexibility index (Phi) is 5.07. The van der Waals surface area contributed by atoms with Gasteiger partial charge in [-0.3, -0.25) is 14.7 Å². The third-order valence-electron chi connectivity index (χ3n) is 4.01. The molecule has 0 saturated carbocycles. The molecule has 0 saturated heterocycles. The van der Waals surface area contributed by atoms with Crippen LogP contribution in [0.15, 0.2) is 88.8 Å². The summed E-state index contributed by atoms with van der Waals surface area (Å²) in [6, 6.07) is 22.5. The molecule has 0 unspecified atom stereocenters. The van der Waals surface area contributed by atoms with E-state index in [1.54, 1.807) is 24.4 Å². The van der Waals surface area contributed by atoms with Crippen molar-refractivity contribution in [1.82, 2.24) is 10.2 Å². The summed E-state index contributed by atoms with van der Waals surface area (Å²) in [4.78, 5) is 26.6. The predicted octanol–water partition coefficient (Wildman–Crippen LogP) is 4.29. The van der Waals surface area contributed by atoms with E-state index in [-0.39, 0.29) is 0 Å². The van der Waals surface area contributed by atoms with Crippen molar-refractivity contribution in [2.75, 3.05) is 10.6 Å². The van der Waals surface area contributed by atoms with Crippen molar-refractivity contribution < 1.29 is 9.59 Å². The normalized spacial score (nSPS) is 10.6. The van der Waals surface area contributed by atoms with Gasteiger partial charge in [-0.1, -0.05) is 42.1 Å². The Morgan fingerprint density at radius 1 is 0.857 bits per heavy atom. The van der Waals surface area contributed by atoms with E-state index in [1.807, 2.05) is 54.6 Å². The van der Waals surface area contributed by atoms with Gasteiger partial charge in [-0.25, -0.2) is 0 Å². The molecule has 138 valence electrons. The summed E-state index contributed by atoms with van der Waals surface area (Å²) in [5.41, 5.74) is 1.88. The van der Waals surface area contributed by atoms with Gasteiger partial charge in [-0.15, -0.1) is 0 Å². The molecule has 0 aliphatic rings. The van der Waals surface area contributed by atoms with E-state index in [0.717, 1.165) is 20.7 Å². The zero-order chi connectivity index (χ0) is 19.3. The van der Waals surface area contributed by atoms with E-state index in [9.17, 15) is 9.59 Å². The summed E-state index contributed by atoms with van der Waals surface area (Å²) in [6.07, 6.45) is 1.69. The minimum Gasteiger partial charge on any atom is -0.318 e. The smallest absolute Gasteiger partial charge is 0.314 e. The van der Waals surface area contributed by atoms with Gasteiger partial charge >= 0.3 is 11.8 Å². The minimum atomic E-state index is -0.738. The molecule has 6 nitrogen and oxygen atoms in total. The quantitative estimate of drug-likeness (QED) is 0.455. The van der Waals surface area contributed by atoms with Gasteiger partial charge in [0, 0.05) is 20.9 Å². The maximum Gasteiger partial charge on any atom is 0.314 e. The number of amides is 2. The highest BCUT2D eigenvalue weighted by Crippen LogP contribution is 2.33. The number of hydrogen-bond acceptors (Lipinski definition) is 4. The van der Waals surface area contributed by atoms with Gasteiger partial charge in [0.15, 0.2) is 0 Å². The number of nitrogens with one attached hydrogen (secondary N) is 3. The lowest BCUT2D eigenvalue weighted by Crippen LogP contribution is -2.29. The van der Waals surface area contributed by atoms with Gasteiger partial charge in [0.2, 0.25) is 0 Å². The largest absolute Gasteiger partial charge is 0.318 e. The summed E-state index contributed by atoms with van der Waals surface area (Å²) in [5.74, 6) is -1.47. The molecule has 3 N–H and O–H groups in total. The van der Waals surface area contributed by atoms with Crippen LogP contribution >= 0.6 is 11.8 Å². The Bertz CT molecular complexity index is 1140. The average molecular weight is 388 g/mol. The zero-order valence-corrected chi connectivity index (χ0v) is 15.5. The second-order valence-corrected chi connectivity index (χ2v) is 7.11. The van der Waals surface area contributed by atoms with Crippen LogP contribution in [-0.4, -0.2) is 22.0 Å². The third kappa shape index (κ3) is 4.05. The molecule has 1 aromatic heterocycles. The third-order valence-corrected chi connectivity index (χ3v) is 5.10. The number of aromatic amines is 1. The van der Waals surface area contributed by atoms with Crippen LogP contribution in [-0.2, 0) is 9.59 Å². The highest BCUT2D eigenvalue weighted by atomic mass is 32.2. The second-order valence-electron chi connectivity index (χ2n) is 5.99. The summed E-state index contributed by atoms with van der Waals surface area (Å²) in [7, 11) is 0. The van der Waals surface area contributed by atoms with Crippen molar-refractivity contribution in [2.24, 2.45) is 0 Å². The van der Waals surface area contributed by atoms with Crippen molar-refractivity contribution in [3.63, 3.8) is 0 Å². The highest BCUT2D eigenvalue weighted by molar-refractivity contribution is 7.99. The van der Waals surface area contributed by atoms with Gasteiger partial charge in [0.1, 0.15) is 0 Å². The molecule has 0 bridgehead atoms. The lowest BCUT2D eigenvalue weighted by Gasteiger charge is -2.11. The number of carbonyl (C=O) groups is 2. The molecular weight excluding hydrogens is 372 g/mol. The van der Waals surface area contributed by atoms with E-state index >= 15 is 0 Å². The lowest BCUT2D eigenvalue weighted by molar-refractivity contribution is -0.133. The Balaban J connectivity index is 1.46. The number of fused-ring (bicyclic) bond motifs is 1. The zero-order valence-electron chi connectivity index (χ0n) is 14.7. The van der Waals surface area contributed by atoms with Crippen LogP contribution in [0.4, 0.5) is 11.4 Å². The van der Waals surface area contributed by atoms with Gasteiger partial charge in [0.25, 0.3) is 0 Å². The minimum absolute atomic E-state index is 0.517. The molecule has 28 heavy (non-hydrogen) atoms. The molecule has 3 aromatic carbocycles. The van der Waals surface area contributed by atoms with Crippen LogP contribution in [0, 0.1) is 0 Å². The van der Waals surface area contributed by atoms with E-state index in [4.69, 9.17) is 0 Å². The van der Waals surface area contributed by atoms with Crippen molar-refractivity contribution in [1.29, 1.82) is 0 Å². The van der Waals surface area contributed by atoms with E-state index < -0.39 is 11.8 Å². The number of carbonyl (C=O) groups excluding carboxylic acids is 2. The van der Waals surface area contributed by atoms with Gasteiger partial charge < -0.3 is 10.6 Å². The van der Waals surface area contributed by atoms with Gasteiger partial charge in [-0.2, -0.15) is 5.10 Å². The van der Waals surface area contributed by atoms with Crippen molar-refractivity contribution in [2.45, 2.75) is 9.79 Å². The average Bonchev–Trinajstić information content (AvgIpc) is 3.18. The van der Waals surface area contributed by atoms with Crippen LogP contribution in [0.1, 0.15) is 0 Å². The SMILES string of the molecule is O=C(Nc1ccc2cn[nH]c2c1)C(=O)Nc1ccccc1Sc1ccccc1. The molecule has 0 aliphatic carbocycles. The summed E-state index contributed by atoms with van der Waals surface area (Å²) in [6.45, 7) is 0. The molecule has 2 amide bonds. The van der Waals surface area contributed by atoms with E-state index in [2.05, 4.69) is 20.8 Å². The standard InChI is InChI=1S/C21H16N4O2S/c26-20(23-15-11-10-14-13-22-25-18(14)12-15)21(27)24-17-8-4-5-9-19(17)28-16-6-2-1-3-7-16/h1-13H,(H,22,25)(H,23,26)(H,24,27). The highest BCUT2D eigenvalue weighted by Gasteiger charge is 2.16. The number of hydrogen-bond donors (Lipinski definition) is 3. The monoisotopic (exact) mass is 388 g/mol. The number of para-hydroxylation sites is 1. The molecule has 0 aliphatic heterocycles. The first-order valence-corrected chi connectivity index (χ1v) is 9.38. The summed E-state index contributed by atoms with van der Waals surface area (Å²) < 4.78 is 0. The maximum atomic E-state index is 12.4. The second kappa shape index (κ2) is 7.98. The van der Waals surface area contributed by atoms with E-state index in [0.29, 0.717) is 11.4 Å². The molecular formula is C21H16N4O2S. The van der Waals surface area contributed by atoms with Crippen molar-refractivity contribution in [3.05, 3.63) is 79.0 Å². The predicted molar refractivity (Wildman–Crippen MR) is 110 cm³/mol. The number of H-pyrrole nitrogens is 1. The fraction of sp³-hybridized carbons (Fsp3) is 0. The number of benzene rings is 3. The molecule has 0 atom stereocenters. The van der Waals surface area contributed by atoms with Crippen LogP contribution in [0.5, 0.6) is 0 Å². The molecule has 4 rings (SSSR count). The summed E-state index contributed by atoms with van der Waals surface area (Å²) in [5, 5.41) is 13.0. The number of aromatic nitrogens is 2. The number of nitrogens with zero attached hydrogens (tertiary/aromatic N) is 1. The maximum absolute atomic E-state index is 12.4. The first-order chi connectivity index (χ1) is 13.7. The first-order valence-electron chi connectivity index (χ1n) is 8.56. The Morgan fingerprint density at radius 2 is 1.61 bits per heavy atom. The molecule has 0 radical (unpaired) electrons. The Labute approximate surface area is 165 Å². The first kappa shape index (κ1) is 17.8. The van der Waals surface area contributed by atoms with Crippen LogP contribution in [0.25, 0.3) is 10.9 Å². The molecule has 0 fully saturated rings. The Hall–Kier alpha value is -3.58. The molecule has 4 aromatic rings. The van der Waals surface area contributed by atoms with Gasteiger partial charge in [0.05, 0.1) is 17.4 Å². The number of anilines is 2. The molecule has 0 spiro atoms. The van der Waals surface area contributed by atoms with Crippen LogP contribution in [0.2, 0.25) is 0 Å². The summed E-state index contributed by atoms with van der Waals surface area (Å²) >= 11 is 1.52. The van der Waals surface area contributed by atoms with E-state index in [1.165, 1.54) is 11.8 Å². The van der Waals surface area contributed by atoms with Crippen molar-refractivity contribution in [3.8, 4) is 0 Å². The van der Waals surface area contributed by atoms with Crippen LogP contribution in [0.3, 0.4) is 0 Å². The van der Waals surface area contributed by atoms with Crippen LogP contribution < -0.4 is 10.6 Å². The Morgan fingerprint density at radius 3 is 2.46 bits per heavy atom.